The quantitative estimate of drug-likeness (QED) is 0.247. The Hall–Kier alpha value is -4.84. The maximum Gasteiger partial charge on any atom is 0.195 e. The molecule has 0 saturated heterocycles. The minimum absolute atomic E-state index is 0.238. The molecule has 0 unspecified atom stereocenters. The van der Waals surface area contributed by atoms with Gasteiger partial charge in [0.2, 0.25) is 0 Å². The lowest BCUT2D eigenvalue weighted by molar-refractivity contribution is 0.310. The van der Waals surface area contributed by atoms with Gasteiger partial charge in [-0.05, 0) is 5.56 Å². The lowest BCUT2D eigenvalue weighted by Gasteiger charge is -2.09. The highest BCUT2D eigenvalue weighted by Crippen LogP contribution is 2.34. The molecule has 0 fully saturated rings. The molecule has 0 amide bonds. The van der Waals surface area contributed by atoms with Gasteiger partial charge in [0.25, 0.3) is 0 Å². The zero-order valence-corrected chi connectivity index (χ0v) is 21.8. The van der Waals surface area contributed by atoms with Gasteiger partial charge in [-0.25, -0.2) is 9.97 Å². The Morgan fingerprint density at radius 2 is 1.15 bits per heavy atom. The molecule has 0 atom stereocenters. The molecule has 1 N–H and O–H groups in total. The maximum atomic E-state index is 9.86. The number of aromatic nitrogens is 2. The molecule has 2 aromatic heterocycles. The van der Waals surface area contributed by atoms with Gasteiger partial charge in [0.1, 0.15) is 29.1 Å². The first-order chi connectivity index (χ1) is 19.1. The summed E-state index contributed by atoms with van der Waals surface area (Å²) in [5.41, 5.74) is 4.30. The molecule has 0 aliphatic rings. The summed E-state index contributed by atoms with van der Waals surface area (Å²) < 4.78 is 17.4. The molecule has 0 aliphatic carbocycles. The summed E-state index contributed by atoms with van der Waals surface area (Å²) in [6.45, 7) is 4.57. The van der Waals surface area contributed by atoms with Gasteiger partial charge in [0.05, 0.1) is 0 Å². The SMILES string of the molecule is CCc1nc2c(cc(O)c3ccccc32)o1.CCc1nc2c(cc(OCc3ccccc3)c3ccccc32)o1. The Morgan fingerprint density at radius 1 is 0.641 bits per heavy atom. The van der Waals surface area contributed by atoms with E-state index in [4.69, 9.17) is 13.6 Å². The molecule has 0 saturated carbocycles. The van der Waals surface area contributed by atoms with Crippen molar-refractivity contribution < 1.29 is 18.7 Å². The molecular weight excluding hydrogens is 488 g/mol. The van der Waals surface area contributed by atoms with Crippen molar-refractivity contribution >= 4 is 43.7 Å². The number of hydrogen-bond acceptors (Lipinski definition) is 6. The van der Waals surface area contributed by atoms with E-state index in [2.05, 4.69) is 34.2 Å². The third-order valence-electron chi connectivity index (χ3n) is 6.67. The Labute approximate surface area is 225 Å². The van der Waals surface area contributed by atoms with Crippen LogP contribution >= 0.6 is 0 Å². The fourth-order valence-electron chi connectivity index (χ4n) is 4.71. The highest BCUT2D eigenvalue weighted by atomic mass is 16.5. The summed E-state index contributed by atoms with van der Waals surface area (Å²) in [5.74, 6) is 2.52. The second kappa shape index (κ2) is 10.5. The standard InChI is InChI=1S/C20H17NO2.C13H11NO2/c1-2-19-21-20-16-11-7-6-10-15(16)17(12-18(20)23-19)22-13-14-8-4-3-5-9-14;1-2-12-14-13-9-6-4-3-5-8(9)10(15)7-11(13)16-12/h3-12H,2,13H2,1H3;3-7,15H,2H2,1H3. The summed E-state index contributed by atoms with van der Waals surface area (Å²) in [6.07, 6.45) is 1.53. The first-order valence-electron chi connectivity index (χ1n) is 13.1. The van der Waals surface area contributed by atoms with Crippen molar-refractivity contribution in [2.75, 3.05) is 0 Å². The summed E-state index contributed by atoms with van der Waals surface area (Å²) in [7, 11) is 0. The predicted molar refractivity (Wildman–Crippen MR) is 154 cm³/mol. The molecular formula is C33H28N2O4. The zero-order valence-electron chi connectivity index (χ0n) is 21.8. The molecule has 7 aromatic rings. The minimum Gasteiger partial charge on any atom is -0.507 e. The van der Waals surface area contributed by atoms with Crippen LogP contribution in [0.1, 0.15) is 31.2 Å². The third-order valence-corrected chi connectivity index (χ3v) is 6.67. The van der Waals surface area contributed by atoms with Gasteiger partial charge in [-0.3, -0.25) is 0 Å². The Morgan fingerprint density at radius 3 is 1.77 bits per heavy atom. The number of rotatable bonds is 5. The molecule has 7 rings (SSSR count). The van der Waals surface area contributed by atoms with Gasteiger partial charge < -0.3 is 18.7 Å². The fourth-order valence-corrected chi connectivity index (χ4v) is 4.71. The number of oxazole rings is 2. The first-order valence-corrected chi connectivity index (χ1v) is 13.1. The van der Waals surface area contributed by atoms with Crippen molar-refractivity contribution in [1.29, 1.82) is 0 Å². The van der Waals surface area contributed by atoms with Gasteiger partial charge in [-0.2, -0.15) is 0 Å². The number of fused-ring (bicyclic) bond motifs is 6. The third kappa shape index (κ3) is 4.77. The number of nitrogens with zero attached hydrogens (tertiary/aromatic N) is 2. The van der Waals surface area contributed by atoms with Crippen LogP contribution in [0.2, 0.25) is 0 Å². The fraction of sp³-hybridized carbons (Fsp3) is 0.152. The lowest BCUT2D eigenvalue weighted by Crippen LogP contribution is -1.95. The number of benzene rings is 5. The summed E-state index contributed by atoms with van der Waals surface area (Å²) in [5, 5.41) is 13.7. The topological polar surface area (TPSA) is 81.5 Å². The summed E-state index contributed by atoms with van der Waals surface area (Å²) in [4.78, 5) is 9.02. The van der Waals surface area contributed by atoms with Crippen molar-refractivity contribution in [3.63, 3.8) is 0 Å². The van der Waals surface area contributed by atoms with E-state index in [1.54, 1.807) is 6.07 Å². The van der Waals surface area contributed by atoms with Crippen LogP contribution in [0.4, 0.5) is 0 Å². The number of ether oxygens (including phenoxy) is 1. The van der Waals surface area contributed by atoms with Crippen LogP contribution in [0.3, 0.4) is 0 Å². The van der Waals surface area contributed by atoms with E-state index in [1.165, 1.54) is 0 Å². The van der Waals surface area contributed by atoms with E-state index in [9.17, 15) is 5.11 Å². The van der Waals surface area contributed by atoms with Crippen LogP contribution in [-0.4, -0.2) is 15.1 Å². The molecule has 5 aromatic carbocycles. The van der Waals surface area contributed by atoms with Crippen LogP contribution in [0.15, 0.2) is 99.8 Å². The Kier molecular flexibility index (Phi) is 6.59. The average Bonchev–Trinajstić information content (AvgIpc) is 3.61. The van der Waals surface area contributed by atoms with Crippen LogP contribution in [0, 0.1) is 0 Å². The predicted octanol–water partition coefficient (Wildman–Crippen LogP) is 8.37. The number of phenolic OH excluding ortho intramolecular Hbond substituents is 1. The molecule has 0 bridgehead atoms. The molecule has 6 heteroatoms. The zero-order chi connectivity index (χ0) is 26.8. The van der Waals surface area contributed by atoms with Crippen molar-refractivity contribution in [3.05, 3.63) is 108 Å². The van der Waals surface area contributed by atoms with Gasteiger partial charge in [-0.15, -0.1) is 0 Å². The van der Waals surface area contributed by atoms with E-state index in [0.29, 0.717) is 18.1 Å². The maximum absolute atomic E-state index is 9.86. The number of hydrogen-bond donors (Lipinski definition) is 1. The highest BCUT2D eigenvalue weighted by molar-refractivity contribution is 6.07. The van der Waals surface area contributed by atoms with E-state index in [1.807, 2.05) is 74.5 Å². The molecule has 6 nitrogen and oxygen atoms in total. The molecule has 0 aliphatic heterocycles. The Bertz CT molecular complexity index is 1900. The van der Waals surface area contributed by atoms with Gasteiger partial charge in [0.15, 0.2) is 22.9 Å². The molecule has 39 heavy (non-hydrogen) atoms. The van der Waals surface area contributed by atoms with Crippen LogP contribution in [0.25, 0.3) is 43.7 Å². The van der Waals surface area contributed by atoms with E-state index >= 15 is 0 Å². The Balaban J connectivity index is 0.000000151. The largest absolute Gasteiger partial charge is 0.507 e. The second-order valence-electron chi connectivity index (χ2n) is 9.25. The van der Waals surface area contributed by atoms with Crippen LogP contribution in [-0.2, 0) is 19.4 Å². The molecule has 0 radical (unpaired) electrons. The van der Waals surface area contributed by atoms with Crippen molar-refractivity contribution in [2.45, 2.75) is 33.3 Å². The minimum atomic E-state index is 0.238. The summed E-state index contributed by atoms with van der Waals surface area (Å²) in [6, 6.07) is 29.6. The van der Waals surface area contributed by atoms with E-state index in [0.717, 1.165) is 68.2 Å². The number of phenols is 1. The van der Waals surface area contributed by atoms with Crippen molar-refractivity contribution in [1.82, 2.24) is 9.97 Å². The number of aromatic hydroxyl groups is 1. The van der Waals surface area contributed by atoms with Crippen LogP contribution in [0.5, 0.6) is 11.5 Å². The molecule has 0 spiro atoms. The first kappa shape index (κ1) is 24.5. The number of aryl methyl sites for hydroxylation is 2. The van der Waals surface area contributed by atoms with Gasteiger partial charge in [0, 0.05) is 46.5 Å². The van der Waals surface area contributed by atoms with Crippen molar-refractivity contribution in [3.8, 4) is 11.5 Å². The average molecular weight is 517 g/mol. The van der Waals surface area contributed by atoms with Gasteiger partial charge >= 0.3 is 0 Å². The lowest BCUT2D eigenvalue weighted by atomic mass is 10.1. The smallest absolute Gasteiger partial charge is 0.195 e. The van der Waals surface area contributed by atoms with Crippen molar-refractivity contribution in [2.24, 2.45) is 0 Å². The molecule has 194 valence electrons. The highest BCUT2D eigenvalue weighted by Gasteiger charge is 2.13. The monoisotopic (exact) mass is 516 g/mol. The molecule has 2 heterocycles. The van der Waals surface area contributed by atoms with Crippen LogP contribution < -0.4 is 4.74 Å². The van der Waals surface area contributed by atoms with Gasteiger partial charge in [-0.1, -0.05) is 92.7 Å². The van der Waals surface area contributed by atoms with E-state index < -0.39 is 0 Å². The normalized spacial score (nSPS) is 11.2. The summed E-state index contributed by atoms with van der Waals surface area (Å²) >= 11 is 0. The second-order valence-corrected chi connectivity index (χ2v) is 9.25. The van der Waals surface area contributed by atoms with E-state index in [-0.39, 0.29) is 5.75 Å².